The Bertz CT molecular complexity index is 1120. The van der Waals surface area contributed by atoms with Gasteiger partial charge in [-0.3, -0.25) is 9.69 Å². The minimum absolute atomic E-state index is 0.00129. The number of benzene rings is 1. The number of anilines is 1. The van der Waals surface area contributed by atoms with Crippen LogP contribution in [0.15, 0.2) is 62.3 Å². The first kappa shape index (κ1) is 20.9. The maximum absolute atomic E-state index is 13.1. The lowest BCUT2D eigenvalue weighted by molar-refractivity contribution is -0.113. The molecule has 0 aliphatic carbocycles. The molecular weight excluding hydrogens is 428 g/mol. The highest BCUT2D eigenvalue weighted by Crippen LogP contribution is 2.33. The first-order valence-electron chi connectivity index (χ1n) is 9.20. The second-order valence-corrected chi connectivity index (χ2v) is 7.49. The number of hydrogen-bond acceptors (Lipinski definition) is 7. The molecular formula is C21H17F2N3O4S. The molecule has 0 fully saturated rings. The van der Waals surface area contributed by atoms with Crippen LogP contribution in [-0.4, -0.2) is 22.8 Å². The number of amides is 1. The highest BCUT2D eigenvalue weighted by molar-refractivity contribution is 8.13. The van der Waals surface area contributed by atoms with Gasteiger partial charge in [0.25, 0.3) is 5.91 Å². The van der Waals surface area contributed by atoms with E-state index in [1.54, 1.807) is 18.2 Å². The zero-order valence-corrected chi connectivity index (χ0v) is 17.4. The maximum atomic E-state index is 13.1. The Kier molecular flexibility index (Phi) is 5.90. The molecule has 1 aliphatic rings. The number of halogens is 2. The summed E-state index contributed by atoms with van der Waals surface area (Å²) in [4.78, 5) is 19.0. The molecule has 3 heterocycles. The van der Waals surface area contributed by atoms with Crippen LogP contribution in [0.5, 0.6) is 5.75 Å². The van der Waals surface area contributed by atoms with E-state index in [1.165, 1.54) is 47.2 Å². The third-order valence-corrected chi connectivity index (χ3v) is 5.46. The Morgan fingerprint density at radius 2 is 2.00 bits per heavy atom. The molecule has 0 N–H and O–H groups in total. The average molecular weight is 445 g/mol. The Labute approximate surface area is 180 Å². The standard InChI is InChI=1S/C21H17F2N3O4S/c1-12-17(13(2)30-25-12)11-31-21-24-18(10-16-4-3-9-28-16)19(27)26(21)14-5-7-15(8-6-14)29-20(22)23/h3-10,20H,11H2,1-2H3/b18-10+. The number of carbonyl (C=O) groups is 1. The molecule has 31 heavy (non-hydrogen) atoms. The molecule has 2 aromatic heterocycles. The Morgan fingerprint density at radius 1 is 1.23 bits per heavy atom. The molecule has 0 spiro atoms. The predicted octanol–water partition coefficient (Wildman–Crippen LogP) is 5.16. The van der Waals surface area contributed by atoms with Gasteiger partial charge in [-0.2, -0.15) is 8.78 Å². The summed E-state index contributed by atoms with van der Waals surface area (Å²) in [5, 5.41) is 4.38. The second-order valence-electron chi connectivity index (χ2n) is 6.54. The Balaban J connectivity index is 1.64. The summed E-state index contributed by atoms with van der Waals surface area (Å²) in [7, 11) is 0. The molecule has 0 radical (unpaired) electrons. The molecule has 7 nitrogen and oxygen atoms in total. The third-order valence-electron chi connectivity index (χ3n) is 4.50. The Hall–Kier alpha value is -3.40. The lowest BCUT2D eigenvalue weighted by Crippen LogP contribution is -2.30. The molecule has 0 saturated heterocycles. The number of carbonyl (C=O) groups excluding carboxylic acids is 1. The van der Waals surface area contributed by atoms with Crippen LogP contribution in [0.4, 0.5) is 14.5 Å². The summed E-state index contributed by atoms with van der Waals surface area (Å²) in [5.74, 6) is 1.31. The summed E-state index contributed by atoms with van der Waals surface area (Å²) in [6.07, 6.45) is 3.05. The van der Waals surface area contributed by atoms with Crippen molar-refractivity contribution in [1.82, 2.24) is 5.16 Å². The van der Waals surface area contributed by atoms with Crippen molar-refractivity contribution in [3.63, 3.8) is 0 Å². The van der Waals surface area contributed by atoms with Gasteiger partial charge in [0, 0.05) is 17.4 Å². The minimum atomic E-state index is -2.93. The smallest absolute Gasteiger partial charge is 0.387 e. The number of aromatic nitrogens is 1. The van der Waals surface area contributed by atoms with E-state index >= 15 is 0 Å². The fourth-order valence-corrected chi connectivity index (χ4v) is 4.12. The number of ether oxygens (including phenoxy) is 1. The molecule has 4 rings (SSSR count). The van der Waals surface area contributed by atoms with Crippen molar-refractivity contribution in [3.05, 3.63) is 71.1 Å². The summed E-state index contributed by atoms with van der Waals surface area (Å²) in [5.41, 5.74) is 2.36. The number of rotatable bonds is 6. The molecule has 1 aromatic carbocycles. The van der Waals surface area contributed by atoms with E-state index in [-0.39, 0.29) is 17.4 Å². The number of aliphatic imine (C=N–C) groups is 1. The van der Waals surface area contributed by atoms with Crippen LogP contribution in [0.2, 0.25) is 0 Å². The van der Waals surface area contributed by atoms with Crippen LogP contribution in [0.3, 0.4) is 0 Å². The normalized spacial score (nSPS) is 15.3. The number of furan rings is 1. The highest BCUT2D eigenvalue weighted by atomic mass is 32.2. The summed E-state index contributed by atoms with van der Waals surface area (Å²) in [6.45, 7) is 0.736. The molecule has 0 saturated carbocycles. The van der Waals surface area contributed by atoms with Crippen LogP contribution in [0.1, 0.15) is 22.8 Å². The summed E-state index contributed by atoms with van der Waals surface area (Å²) >= 11 is 1.34. The van der Waals surface area contributed by atoms with E-state index in [0.29, 0.717) is 28.1 Å². The topological polar surface area (TPSA) is 81.1 Å². The van der Waals surface area contributed by atoms with Crippen molar-refractivity contribution >= 4 is 34.6 Å². The zero-order chi connectivity index (χ0) is 22.0. The second kappa shape index (κ2) is 8.76. The molecule has 0 bridgehead atoms. The van der Waals surface area contributed by atoms with Crippen LogP contribution >= 0.6 is 11.8 Å². The number of amidine groups is 1. The predicted molar refractivity (Wildman–Crippen MR) is 112 cm³/mol. The van der Waals surface area contributed by atoms with E-state index in [1.807, 2.05) is 13.8 Å². The van der Waals surface area contributed by atoms with Gasteiger partial charge in [0.05, 0.1) is 17.6 Å². The van der Waals surface area contributed by atoms with Gasteiger partial charge in [-0.15, -0.1) is 0 Å². The van der Waals surface area contributed by atoms with Gasteiger partial charge in [-0.1, -0.05) is 16.9 Å². The van der Waals surface area contributed by atoms with Crippen LogP contribution in [-0.2, 0) is 10.5 Å². The highest BCUT2D eigenvalue weighted by Gasteiger charge is 2.32. The van der Waals surface area contributed by atoms with E-state index in [9.17, 15) is 13.6 Å². The van der Waals surface area contributed by atoms with Crippen LogP contribution < -0.4 is 9.64 Å². The molecule has 1 amide bonds. The van der Waals surface area contributed by atoms with Gasteiger partial charge in [0.15, 0.2) is 5.17 Å². The van der Waals surface area contributed by atoms with E-state index in [0.717, 1.165) is 11.3 Å². The number of aryl methyl sites for hydroxylation is 2. The number of alkyl halides is 2. The minimum Gasteiger partial charge on any atom is -0.465 e. The molecule has 10 heteroatoms. The summed E-state index contributed by atoms with van der Waals surface area (Å²) < 4.78 is 39.8. The number of thioether (sulfide) groups is 1. The van der Waals surface area contributed by atoms with Gasteiger partial charge in [-0.25, -0.2) is 4.99 Å². The van der Waals surface area contributed by atoms with Crippen molar-refractivity contribution in [1.29, 1.82) is 0 Å². The van der Waals surface area contributed by atoms with Gasteiger partial charge in [0.1, 0.15) is 23.0 Å². The lowest BCUT2D eigenvalue weighted by Gasteiger charge is -2.18. The fourth-order valence-electron chi connectivity index (χ4n) is 2.95. The van der Waals surface area contributed by atoms with Crippen LogP contribution in [0, 0.1) is 13.8 Å². The maximum Gasteiger partial charge on any atom is 0.387 e. The Morgan fingerprint density at radius 3 is 2.61 bits per heavy atom. The zero-order valence-electron chi connectivity index (χ0n) is 16.5. The number of nitrogens with zero attached hydrogens (tertiary/aromatic N) is 3. The van der Waals surface area contributed by atoms with Gasteiger partial charge in [0.2, 0.25) is 0 Å². The quantitative estimate of drug-likeness (QED) is 0.488. The van der Waals surface area contributed by atoms with E-state index in [2.05, 4.69) is 14.9 Å². The van der Waals surface area contributed by atoms with Crippen molar-refractivity contribution < 1.29 is 27.3 Å². The van der Waals surface area contributed by atoms with E-state index < -0.39 is 6.61 Å². The molecule has 0 unspecified atom stereocenters. The first-order chi connectivity index (χ1) is 14.9. The van der Waals surface area contributed by atoms with Gasteiger partial charge < -0.3 is 13.7 Å². The fraction of sp³-hybridized carbons (Fsp3) is 0.190. The molecule has 0 atom stereocenters. The van der Waals surface area contributed by atoms with E-state index in [4.69, 9.17) is 8.94 Å². The largest absolute Gasteiger partial charge is 0.465 e. The number of hydrogen-bond donors (Lipinski definition) is 0. The average Bonchev–Trinajstić information content (AvgIpc) is 3.43. The monoisotopic (exact) mass is 445 g/mol. The lowest BCUT2D eigenvalue weighted by atomic mass is 10.2. The molecule has 1 aliphatic heterocycles. The van der Waals surface area contributed by atoms with Gasteiger partial charge in [-0.05, 0) is 50.2 Å². The molecule has 3 aromatic rings. The van der Waals surface area contributed by atoms with Crippen molar-refractivity contribution in [2.24, 2.45) is 4.99 Å². The SMILES string of the molecule is Cc1noc(C)c1CSC1=N/C(=C/c2ccco2)C(=O)N1c1ccc(OC(F)F)cc1. The molecule has 160 valence electrons. The summed E-state index contributed by atoms with van der Waals surface area (Å²) in [6, 6.07) is 9.22. The van der Waals surface area contributed by atoms with Gasteiger partial charge >= 0.3 is 6.61 Å². The third kappa shape index (κ3) is 4.53. The van der Waals surface area contributed by atoms with Crippen molar-refractivity contribution in [3.8, 4) is 5.75 Å². The van der Waals surface area contributed by atoms with Crippen LogP contribution in [0.25, 0.3) is 6.08 Å². The van der Waals surface area contributed by atoms with Crippen molar-refractivity contribution in [2.75, 3.05) is 4.90 Å². The van der Waals surface area contributed by atoms with Crippen molar-refractivity contribution in [2.45, 2.75) is 26.2 Å². The first-order valence-corrected chi connectivity index (χ1v) is 10.2.